The van der Waals surface area contributed by atoms with Crippen molar-refractivity contribution in [3.05, 3.63) is 59.9 Å². The largest absolute Gasteiger partial charge is 0.378 e. The Morgan fingerprint density at radius 1 is 1.00 bits per heavy atom. The summed E-state index contributed by atoms with van der Waals surface area (Å²) in [7, 11) is 4.07. The number of hydrogen-bond acceptors (Lipinski definition) is 4. The van der Waals surface area contributed by atoms with Crippen LogP contribution in [0.1, 0.15) is 31.9 Å². The number of nitrogens with zero attached hydrogens (tertiary/aromatic N) is 3. The second-order valence-electron chi connectivity index (χ2n) is 8.90. The maximum Gasteiger partial charge on any atom is 0.220 e. The third kappa shape index (κ3) is 6.44. The first-order valence-corrected chi connectivity index (χ1v) is 11.1. The molecule has 0 spiro atoms. The van der Waals surface area contributed by atoms with Gasteiger partial charge in [-0.1, -0.05) is 26.0 Å². The molecule has 1 aliphatic heterocycles. The van der Waals surface area contributed by atoms with E-state index in [-0.39, 0.29) is 17.8 Å². The van der Waals surface area contributed by atoms with Gasteiger partial charge in [-0.15, -0.1) is 0 Å². The maximum atomic E-state index is 13.3. The summed E-state index contributed by atoms with van der Waals surface area (Å²) in [6, 6.07) is 15.4. The van der Waals surface area contributed by atoms with Crippen molar-refractivity contribution >= 4 is 17.3 Å². The Morgan fingerprint density at radius 2 is 1.61 bits per heavy atom. The van der Waals surface area contributed by atoms with Crippen molar-refractivity contribution in [1.82, 2.24) is 10.2 Å². The minimum Gasteiger partial charge on any atom is -0.378 e. The molecule has 31 heavy (non-hydrogen) atoms. The van der Waals surface area contributed by atoms with Crippen LogP contribution in [0, 0.1) is 11.7 Å². The van der Waals surface area contributed by atoms with Gasteiger partial charge in [0.15, 0.2) is 0 Å². The van der Waals surface area contributed by atoms with Crippen LogP contribution in [0.15, 0.2) is 48.5 Å². The third-order valence-electron chi connectivity index (χ3n) is 5.83. The second kappa shape index (κ2) is 10.6. The van der Waals surface area contributed by atoms with Crippen LogP contribution in [0.3, 0.4) is 0 Å². The molecule has 2 aromatic rings. The fraction of sp³-hybridized carbons (Fsp3) is 0.480. The molecular weight excluding hydrogens is 391 g/mol. The topological polar surface area (TPSA) is 38.8 Å². The Balaban J connectivity index is 1.70. The van der Waals surface area contributed by atoms with Crippen LogP contribution in [0.2, 0.25) is 0 Å². The Morgan fingerprint density at radius 3 is 2.16 bits per heavy atom. The number of carbonyl (C=O) groups excluding carboxylic acids is 1. The first-order valence-electron chi connectivity index (χ1n) is 11.1. The van der Waals surface area contributed by atoms with Gasteiger partial charge in [-0.05, 0) is 47.9 Å². The minimum absolute atomic E-state index is 0.106. The van der Waals surface area contributed by atoms with Crippen LogP contribution in [-0.4, -0.2) is 57.6 Å². The number of halogens is 1. The molecule has 0 aromatic heterocycles. The van der Waals surface area contributed by atoms with E-state index in [2.05, 4.69) is 58.1 Å². The zero-order valence-corrected chi connectivity index (χ0v) is 19.1. The molecule has 3 rings (SSSR count). The summed E-state index contributed by atoms with van der Waals surface area (Å²) < 4.78 is 13.3. The van der Waals surface area contributed by atoms with Gasteiger partial charge in [0.25, 0.3) is 0 Å². The lowest BCUT2D eigenvalue weighted by atomic mass is 10.0. The summed E-state index contributed by atoms with van der Waals surface area (Å²) in [4.78, 5) is 19.1. The van der Waals surface area contributed by atoms with Crippen LogP contribution in [-0.2, 0) is 4.79 Å². The molecule has 0 saturated carbocycles. The van der Waals surface area contributed by atoms with Crippen LogP contribution in [0.5, 0.6) is 0 Å². The molecule has 0 unspecified atom stereocenters. The van der Waals surface area contributed by atoms with Gasteiger partial charge in [-0.25, -0.2) is 4.39 Å². The van der Waals surface area contributed by atoms with E-state index in [4.69, 9.17) is 0 Å². The van der Waals surface area contributed by atoms with Gasteiger partial charge in [-0.3, -0.25) is 9.69 Å². The smallest absolute Gasteiger partial charge is 0.220 e. The van der Waals surface area contributed by atoms with Crippen molar-refractivity contribution in [1.29, 1.82) is 0 Å². The quantitative estimate of drug-likeness (QED) is 0.695. The molecular formula is C25H35FN4O. The number of rotatable bonds is 8. The molecule has 6 heteroatoms. The first-order chi connectivity index (χ1) is 14.8. The molecule has 1 aliphatic rings. The molecule has 1 fully saturated rings. The average molecular weight is 427 g/mol. The van der Waals surface area contributed by atoms with E-state index >= 15 is 0 Å². The molecule has 5 nitrogen and oxygen atoms in total. The van der Waals surface area contributed by atoms with E-state index in [0.717, 1.165) is 37.6 Å². The van der Waals surface area contributed by atoms with Crippen molar-refractivity contribution < 1.29 is 9.18 Å². The number of carbonyl (C=O) groups is 1. The summed E-state index contributed by atoms with van der Waals surface area (Å²) in [5.41, 5.74) is 3.43. The summed E-state index contributed by atoms with van der Waals surface area (Å²) in [5.74, 6) is 0.243. The predicted octanol–water partition coefficient (Wildman–Crippen LogP) is 3.92. The van der Waals surface area contributed by atoms with Gasteiger partial charge in [-0.2, -0.15) is 0 Å². The maximum absolute atomic E-state index is 13.3. The minimum atomic E-state index is -0.208. The van der Waals surface area contributed by atoms with Gasteiger partial charge in [0.05, 0.1) is 6.04 Å². The van der Waals surface area contributed by atoms with Gasteiger partial charge in [0.1, 0.15) is 5.82 Å². The highest BCUT2D eigenvalue weighted by Crippen LogP contribution is 2.26. The van der Waals surface area contributed by atoms with Crippen molar-refractivity contribution in [2.75, 3.05) is 56.6 Å². The number of anilines is 2. The lowest BCUT2D eigenvalue weighted by Gasteiger charge is -2.40. The van der Waals surface area contributed by atoms with Gasteiger partial charge < -0.3 is 15.1 Å². The zero-order valence-electron chi connectivity index (χ0n) is 19.1. The molecule has 1 atom stereocenters. The fourth-order valence-electron chi connectivity index (χ4n) is 4.05. The highest BCUT2D eigenvalue weighted by Gasteiger charge is 2.26. The Bertz CT molecular complexity index is 828. The van der Waals surface area contributed by atoms with E-state index < -0.39 is 0 Å². The number of piperazine rings is 1. The average Bonchev–Trinajstić information content (AvgIpc) is 2.75. The molecule has 1 saturated heterocycles. The van der Waals surface area contributed by atoms with Gasteiger partial charge in [0, 0.05) is 64.6 Å². The molecule has 1 amide bonds. The van der Waals surface area contributed by atoms with E-state index in [1.165, 1.54) is 17.7 Å². The normalized spacial score (nSPS) is 15.7. The molecule has 0 bridgehead atoms. The lowest BCUT2D eigenvalue weighted by Crippen LogP contribution is -2.50. The first kappa shape index (κ1) is 23.1. The van der Waals surface area contributed by atoms with Crippen molar-refractivity contribution in [2.45, 2.75) is 26.3 Å². The van der Waals surface area contributed by atoms with E-state index in [1.54, 1.807) is 0 Å². The highest BCUT2D eigenvalue weighted by atomic mass is 19.1. The summed E-state index contributed by atoms with van der Waals surface area (Å²) >= 11 is 0. The molecule has 0 radical (unpaired) electrons. The Hall–Kier alpha value is -2.60. The molecule has 0 aliphatic carbocycles. The number of hydrogen-bond donors (Lipinski definition) is 1. The number of nitrogens with one attached hydrogen (secondary N) is 1. The lowest BCUT2D eigenvalue weighted by molar-refractivity contribution is -0.122. The second-order valence-corrected chi connectivity index (χ2v) is 8.90. The molecule has 1 heterocycles. The van der Waals surface area contributed by atoms with Crippen molar-refractivity contribution in [2.24, 2.45) is 5.92 Å². The standard InChI is InChI=1S/C25H35FN4O/c1-19(2)17-25(31)27-18-24(20-5-9-22(10-6-20)28(3)4)30-15-13-29(14-16-30)23-11-7-21(26)8-12-23/h5-12,19,24H,13-18H2,1-4H3,(H,27,31)/t24-/m0/s1. The van der Waals surface area contributed by atoms with Crippen LogP contribution < -0.4 is 15.1 Å². The SMILES string of the molecule is CC(C)CC(=O)NC[C@@H](c1ccc(N(C)C)cc1)N1CCN(c2ccc(F)cc2)CC1. The van der Waals surface area contributed by atoms with Crippen LogP contribution in [0.25, 0.3) is 0 Å². The van der Waals surface area contributed by atoms with Crippen LogP contribution in [0.4, 0.5) is 15.8 Å². The van der Waals surface area contributed by atoms with Crippen LogP contribution >= 0.6 is 0 Å². The van der Waals surface area contributed by atoms with E-state index in [1.807, 2.05) is 26.2 Å². The van der Waals surface area contributed by atoms with Crippen molar-refractivity contribution in [3.8, 4) is 0 Å². The number of benzene rings is 2. The monoisotopic (exact) mass is 426 g/mol. The van der Waals surface area contributed by atoms with E-state index in [9.17, 15) is 9.18 Å². The summed E-state index contributed by atoms with van der Waals surface area (Å²) in [6.45, 7) is 8.24. The van der Waals surface area contributed by atoms with Crippen molar-refractivity contribution in [3.63, 3.8) is 0 Å². The summed E-state index contributed by atoms with van der Waals surface area (Å²) in [6.07, 6.45) is 0.546. The van der Waals surface area contributed by atoms with Gasteiger partial charge >= 0.3 is 0 Å². The Labute approximate surface area is 185 Å². The highest BCUT2D eigenvalue weighted by molar-refractivity contribution is 5.76. The molecule has 168 valence electrons. The summed E-state index contributed by atoms with van der Waals surface area (Å²) in [5, 5.41) is 3.15. The van der Waals surface area contributed by atoms with E-state index in [0.29, 0.717) is 18.9 Å². The zero-order chi connectivity index (χ0) is 22.4. The molecule has 1 N–H and O–H groups in total. The fourth-order valence-corrected chi connectivity index (χ4v) is 4.05. The molecule has 2 aromatic carbocycles. The Kier molecular flexibility index (Phi) is 7.91. The van der Waals surface area contributed by atoms with Gasteiger partial charge in [0.2, 0.25) is 5.91 Å². The number of amides is 1. The third-order valence-corrected chi connectivity index (χ3v) is 5.83. The predicted molar refractivity (Wildman–Crippen MR) is 126 cm³/mol.